The summed E-state index contributed by atoms with van der Waals surface area (Å²) >= 11 is 1.16. The van der Waals surface area contributed by atoms with Gasteiger partial charge in [-0.2, -0.15) is 10.5 Å². The van der Waals surface area contributed by atoms with E-state index in [-0.39, 0.29) is 11.7 Å². The van der Waals surface area contributed by atoms with Crippen molar-refractivity contribution in [3.05, 3.63) is 70.3 Å². The molecule has 1 unspecified atom stereocenters. The molecule has 3 rings (SSSR count). The van der Waals surface area contributed by atoms with Crippen molar-refractivity contribution in [3.63, 3.8) is 0 Å². The molecule has 11 heteroatoms. The van der Waals surface area contributed by atoms with E-state index in [4.69, 9.17) is 5.26 Å². The number of benzene rings is 2. The number of anilines is 1. The van der Waals surface area contributed by atoms with Crippen LogP contribution in [-0.4, -0.2) is 11.0 Å². The molecule has 0 fully saturated rings. The first kappa shape index (κ1) is 23.2. The zero-order valence-electron chi connectivity index (χ0n) is 17.5. The number of nitro groups is 1. The second kappa shape index (κ2) is 11.2. The van der Waals surface area contributed by atoms with E-state index in [0.717, 1.165) is 23.4 Å². The highest BCUT2D eigenvalue weighted by molar-refractivity contribution is 7.19. The molecule has 0 saturated carbocycles. The molecule has 10 nitrogen and oxygen atoms in total. The van der Waals surface area contributed by atoms with E-state index in [0.29, 0.717) is 33.4 Å². The maximum Gasteiger partial charge on any atom is 0.269 e. The van der Waals surface area contributed by atoms with E-state index in [9.17, 15) is 15.4 Å². The maximum atomic E-state index is 10.7. The minimum absolute atomic E-state index is 0.0307. The van der Waals surface area contributed by atoms with Crippen LogP contribution in [0.5, 0.6) is 0 Å². The number of nitrogens with zero attached hydrogens (tertiary/aromatic N) is 7. The fourth-order valence-electron chi connectivity index (χ4n) is 2.69. The Bertz CT molecular complexity index is 1250. The van der Waals surface area contributed by atoms with E-state index in [1.807, 2.05) is 19.1 Å². The molecular weight excluding hydrogens is 440 g/mol. The molecule has 0 radical (unpaired) electrons. The third-order valence-electron chi connectivity index (χ3n) is 4.37. The van der Waals surface area contributed by atoms with Gasteiger partial charge in [-0.15, -0.1) is 20.5 Å². The average Bonchev–Trinajstić information content (AvgIpc) is 3.23. The molecular formula is C22H18N8O2S. The maximum absolute atomic E-state index is 10.7. The molecule has 1 N–H and O–H groups in total. The van der Waals surface area contributed by atoms with Crippen molar-refractivity contribution in [2.24, 2.45) is 20.5 Å². The van der Waals surface area contributed by atoms with Crippen LogP contribution in [0.3, 0.4) is 0 Å². The first-order chi connectivity index (χ1) is 16.0. The molecule has 0 saturated heterocycles. The standard InChI is InChI=1S/C22H18N8O2S/c1-15(3-2-12-23)25-17-4-6-18(7-5-17)27-29-22-16(14-24)13-21(33-22)28-26-19-8-10-20(11-9-19)30(31)32/h4-11,13,15,25H,2-3H2,1H3. The van der Waals surface area contributed by atoms with Crippen molar-refractivity contribution in [1.29, 1.82) is 10.5 Å². The van der Waals surface area contributed by atoms with Crippen LogP contribution >= 0.6 is 11.3 Å². The number of non-ortho nitro benzene ring substituents is 1. The van der Waals surface area contributed by atoms with Gasteiger partial charge in [-0.25, -0.2) is 0 Å². The van der Waals surface area contributed by atoms with Gasteiger partial charge in [0.2, 0.25) is 0 Å². The van der Waals surface area contributed by atoms with Gasteiger partial charge in [-0.1, -0.05) is 11.3 Å². The van der Waals surface area contributed by atoms with Crippen LogP contribution in [-0.2, 0) is 0 Å². The average molecular weight is 459 g/mol. The van der Waals surface area contributed by atoms with Crippen molar-refractivity contribution in [1.82, 2.24) is 0 Å². The fourth-order valence-corrected chi connectivity index (χ4v) is 3.44. The quantitative estimate of drug-likeness (QED) is 0.200. The van der Waals surface area contributed by atoms with Gasteiger partial charge in [0.25, 0.3) is 5.69 Å². The molecule has 1 atom stereocenters. The van der Waals surface area contributed by atoms with Gasteiger partial charge in [0.1, 0.15) is 11.1 Å². The largest absolute Gasteiger partial charge is 0.383 e. The highest BCUT2D eigenvalue weighted by Gasteiger charge is 2.09. The Balaban J connectivity index is 1.67. The molecule has 0 spiro atoms. The topological polar surface area (TPSA) is 152 Å². The first-order valence-corrected chi connectivity index (χ1v) is 10.7. The smallest absolute Gasteiger partial charge is 0.269 e. The lowest BCUT2D eigenvalue weighted by atomic mass is 10.2. The van der Waals surface area contributed by atoms with Crippen molar-refractivity contribution < 1.29 is 4.92 Å². The van der Waals surface area contributed by atoms with Crippen molar-refractivity contribution in [2.75, 3.05) is 5.32 Å². The van der Waals surface area contributed by atoms with E-state index in [1.54, 1.807) is 18.2 Å². The van der Waals surface area contributed by atoms with E-state index in [2.05, 4.69) is 37.9 Å². The van der Waals surface area contributed by atoms with E-state index >= 15 is 0 Å². The van der Waals surface area contributed by atoms with Crippen LogP contribution < -0.4 is 5.32 Å². The van der Waals surface area contributed by atoms with Crippen LogP contribution in [0, 0.1) is 32.8 Å². The van der Waals surface area contributed by atoms with Crippen LogP contribution in [0.25, 0.3) is 0 Å². The third kappa shape index (κ3) is 6.75. The number of hydrogen-bond donors (Lipinski definition) is 1. The second-order valence-corrected chi connectivity index (χ2v) is 7.89. The van der Waals surface area contributed by atoms with Crippen LogP contribution in [0.2, 0.25) is 0 Å². The molecule has 2 aromatic carbocycles. The molecule has 0 aliphatic carbocycles. The summed E-state index contributed by atoms with van der Waals surface area (Å²) in [7, 11) is 0. The first-order valence-electron chi connectivity index (χ1n) is 9.84. The zero-order valence-corrected chi connectivity index (χ0v) is 18.4. The summed E-state index contributed by atoms with van der Waals surface area (Å²) in [6, 6.07) is 19.0. The normalized spacial score (nSPS) is 11.8. The van der Waals surface area contributed by atoms with E-state index in [1.165, 1.54) is 24.3 Å². The molecule has 3 aromatic rings. The number of thiophene rings is 1. The summed E-state index contributed by atoms with van der Waals surface area (Å²) in [5.74, 6) is 0. The number of azo groups is 2. The lowest BCUT2D eigenvalue weighted by Gasteiger charge is -2.13. The predicted molar refractivity (Wildman–Crippen MR) is 125 cm³/mol. The number of nitro benzene ring substituents is 1. The Hall–Kier alpha value is -4.48. The molecule has 0 aliphatic heterocycles. The minimum Gasteiger partial charge on any atom is -0.383 e. The highest BCUT2D eigenvalue weighted by Crippen LogP contribution is 2.38. The Labute approximate surface area is 193 Å². The molecule has 33 heavy (non-hydrogen) atoms. The van der Waals surface area contributed by atoms with Gasteiger partial charge < -0.3 is 5.32 Å². The number of rotatable bonds is 9. The lowest BCUT2D eigenvalue weighted by molar-refractivity contribution is -0.384. The predicted octanol–water partition coefficient (Wildman–Crippen LogP) is 7.46. The van der Waals surface area contributed by atoms with Crippen molar-refractivity contribution in [2.45, 2.75) is 25.8 Å². The summed E-state index contributed by atoms with van der Waals surface area (Å²) in [4.78, 5) is 10.2. The Morgan fingerprint density at radius 1 is 1.03 bits per heavy atom. The molecule has 1 heterocycles. The highest BCUT2D eigenvalue weighted by atomic mass is 32.1. The monoisotopic (exact) mass is 458 g/mol. The van der Waals surface area contributed by atoms with Gasteiger partial charge in [-0.05, 0) is 55.8 Å². The molecule has 0 bridgehead atoms. The lowest BCUT2D eigenvalue weighted by Crippen LogP contribution is -2.14. The molecule has 0 amide bonds. The molecule has 164 valence electrons. The molecule has 1 aromatic heterocycles. The number of hydrogen-bond acceptors (Lipinski definition) is 10. The Morgan fingerprint density at radius 2 is 1.67 bits per heavy atom. The zero-order chi connectivity index (χ0) is 23.6. The van der Waals surface area contributed by atoms with Crippen LogP contribution in [0.1, 0.15) is 25.3 Å². The van der Waals surface area contributed by atoms with Crippen LogP contribution in [0.15, 0.2) is 75.1 Å². The summed E-state index contributed by atoms with van der Waals surface area (Å²) < 4.78 is 0. The molecule has 0 aliphatic rings. The summed E-state index contributed by atoms with van der Waals surface area (Å²) in [6.45, 7) is 2.02. The van der Waals surface area contributed by atoms with E-state index < -0.39 is 4.92 Å². The van der Waals surface area contributed by atoms with Gasteiger partial charge in [0.15, 0.2) is 5.00 Å². The Morgan fingerprint density at radius 3 is 2.27 bits per heavy atom. The summed E-state index contributed by atoms with van der Waals surface area (Å²) in [6.07, 6.45) is 1.26. The van der Waals surface area contributed by atoms with Crippen molar-refractivity contribution in [3.8, 4) is 12.1 Å². The van der Waals surface area contributed by atoms with Gasteiger partial charge in [0.05, 0.1) is 27.9 Å². The SMILES string of the molecule is CC(CCC#N)Nc1ccc(N=Nc2sc(N=Nc3ccc([N+](=O)[O-])cc3)cc2C#N)cc1. The fraction of sp³-hybridized carbons (Fsp3) is 0.182. The Kier molecular flexibility index (Phi) is 7.89. The van der Waals surface area contributed by atoms with Gasteiger partial charge in [-0.3, -0.25) is 10.1 Å². The number of nitriles is 2. The third-order valence-corrected chi connectivity index (χ3v) is 5.27. The van der Waals surface area contributed by atoms with Gasteiger partial charge in [0, 0.05) is 30.3 Å². The minimum atomic E-state index is -0.488. The number of nitrogens with one attached hydrogen (secondary N) is 1. The second-order valence-electron chi connectivity index (χ2n) is 6.88. The van der Waals surface area contributed by atoms with Crippen LogP contribution in [0.4, 0.5) is 32.8 Å². The summed E-state index contributed by atoms with van der Waals surface area (Å²) in [5, 5.41) is 49.4. The van der Waals surface area contributed by atoms with Gasteiger partial charge >= 0.3 is 0 Å². The summed E-state index contributed by atoms with van der Waals surface area (Å²) in [5.41, 5.74) is 2.29. The van der Waals surface area contributed by atoms with Crippen molar-refractivity contribution >= 4 is 44.1 Å².